The molecule has 24 heavy (non-hydrogen) atoms. The summed E-state index contributed by atoms with van der Waals surface area (Å²) in [5.74, 6) is -0.428. The van der Waals surface area contributed by atoms with Gasteiger partial charge < -0.3 is 4.74 Å². The fourth-order valence-corrected chi connectivity index (χ4v) is 1.72. The molecule has 1 N–H and O–H groups in total. The van der Waals surface area contributed by atoms with Gasteiger partial charge in [0, 0.05) is 18.0 Å². The molecular formula is C16H14F3N3O2. The van der Waals surface area contributed by atoms with Crippen molar-refractivity contribution in [3.63, 3.8) is 0 Å². The van der Waals surface area contributed by atoms with Gasteiger partial charge in [0.1, 0.15) is 6.61 Å². The quantitative estimate of drug-likeness (QED) is 0.651. The number of hydrazone groups is 1. The van der Waals surface area contributed by atoms with Crippen molar-refractivity contribution in [2.24, 2.45) is 5.10 Å². The van der Waals surface area contributed by atoms with Gasteiger partial charge in [-0.15, -0.1) is 0 Å². The third kappa shape index (κ3) is 6.17. The number of pyridine rings is 1. The van der Waals surface area contributed by atoms with E-state index in [2.05, 4.69) is 20.2 Å². The van der Waals surface area contributed by atoms with Gasteiger partial charge in [-0.2, -0.15) is 18.3 Å². The summed E-state index contributed by atoms with van der Waals surface area (Å²) < 4.78 is 40.5. The highest BCUT2D eigenvalue weighted by molar-refractivity contribution is 5.94. The molecule has 126 valence electrons. The minimum atomic E-state index is -4.35. The molecule has 0 aliphatic heterocycles. The first-order valence-electron chi connectivity index (χ1n) is 6.91. The normalized spacial score (nSPS) is 11.6. The zero-order valence-corrected chi connectivity index (χ0v) is 12.5. The number of hydrogen-bond donors (Lipinski definition) is 1. The molecule has 0 spiro atoms. The fourth-order valence-electron chi connectivity index (χ4n) is 1.72. The topological polar surface area (TPSA) is 63.6 Å². The number of halogens is 3. The molecule has 1 heterocycles. The molecule has 1 aromatic carbocycles. The van der Waals surface area contributed by atoms with Crippen molar-refractivity contribution in [1.29, 1.82) is 0 Å². The van der Waals surface area contributed by atoms with Crippen LogP contribution in [-0.2, 0) is 11.3 Å². The zero-order chi connectivity index (χ0) is 17.4. The van der Waals surface area contributed by atoms with E-state index in [0.29, 0.717) is 11.1 Å². The van der Waals surface area contributed by atoms with Crippen molar-refractivity contribution < 1.29 is 22.7 Å². The van der Waals surface area contributed by atoms with Gasteiger partial charge in [-0.25, -0.2) is 5.43 Å². The smallest absolute Gasteiger partial charge is 0.367 e. The molecule has 1 aromatic heterocycles. The summed E-state index contributed by atoms with van der Waals surface area (Å²) in [6.45, 7) is -1.49. The molecule has 2 rings (SSSR count). The van der Waals surface area contributed by atoms with Gasteiger partial charge in [0.2, 0.25) is 0 Å². The lowest BCUT2D eigenvalue weighted by molar-refractivity contribution is -0.176. The molecule has 8 heteroatoms. The Morgan fingerprint density at radius 3 is 2.46 bits per heavy atom. The molecule has 5 nitrogen and oxygen atoms in total. The van der Waals surface area contributed by atoms with E-state index in [4.69, 9.17) is 0 Å². The van der Waals surface area contributed by atoms with Crippen molar-refractivity contribution in [3.8, 4) is 0 Å². The van der Waals surface area contributed by atoms with Gasteiger partial charge in [-0.05, 0) is 35.4 Å². The number of hydrogen-bond acceptors (Lipinski definition) is 4. The van der Waals surface area contributed by atoms with Crippen molar-refractivity contribution in [3.05, 3.63) is 65.5 Å². The molecule has 0 saturated heterocycles. The molecule has 0 radical (unpaired) electrons. The summed E-state index contributed by atoms with van der Waals surface area (Å²) in [5.41, 5.74) is 4.01. The van der Waals surface area contributed by atoms with Crippen LogP contribution in [0.4, 0.5) is 13.2 Å². The van der Waals surface area contributed by atoms with Gasteiger partial charge in [-0.1, -0.05) is 12.1 Å². The van der Waals surface area contributed by atoms with Gasteiger partial charge in [0.05, 0.1) is 12.8 Å². The molecule has 2 aromatic rings. The second-order valence-electron chi connectivity index (χ2n) is 4.78. The Bertz CT molecular complexity index is 686. The number of ether oxygens (including phenoxy) is 1. The number of nitrogens with zero attached hydrogens (tertiary/aromatic N) is 2. The van der Waals surface area contributed by atoms with Crippen molar-refractivity contribution in [2.45, 2.75) is 12.8 Å². The predicted octanol–water partition coefficient (Wildman–Crippen LogP) is 2.92. The van der Waals surface area contributed by atoms with E-state index in [1.165, 1.54) is 30.5 Å². The summed E-state index contributed by atoms with van der Waals surface area (Å²) in [4.78, 5) is 15.7. The number of carbonyl (C=O) groups is 1. The van der Waals surface area contributed by atoms with Crippen molar-refractivity contribution in [2.75, 3.05) is 6.61 Å². The average molecular weight is 337 g/mol. The maximum Gasteiger partial charge on any atom is 0.411 e. The highest BCUT2D eigenvalue weighted by Crippen LogP contribution is 2.15. The van der Waals surface area contributed by atoms with Crippen LogP contribution >= 0.6 is 0 Å². The van der Waals surface area contributed by atoms with Gasteiger partial charge >= 0.3 is 6.18 Å². The monoisotopic (exact) mass is 337 g/mol. The molecule has 0 bridgehead atoms. The summed E-state index contributed by atoms with van der Waals surface area (Å²) >= 11 is 0. The van der Waals surface area contributed by atoms with E-state index in [1.807, 2.05) is 0 Å². The van der Waals surface area contributed by atoms with E-state index < -0.39 is 18.7 Å². The molecule has 0 aliphatic carbocycles. The summed E-state index contributed by atoms with van der Waals surface area (Å²) in [6.07, 6.45) is 0.317. The molecular weight excluding hydrogens is 323 g/mol. The number of alkyl halides is 3. The maximum atomic E-state index is 12.0. The highest BCUT2D eigenvalue weighted by Gasteiger charge is 2.27. The van der Waals surface area contributed by atoms with Crippen LogP contribution < -0.4 is 5.43 Å². The minimum absolute atomic E-state index is 0.179. The first kappa shape index (κ1) is 17.6. The maximum absolute atomic E-state index is 12.0. The Morgan fingerprint density at radius 1 is 1.17 bits per heavy atom. The van der Waals surface area contributed by atoms with E-state index >= 15 is 0 Å². The van der Waals surface area contributed by atoms with Crippen LogP contribution in [0.5, 0.6) is 0 Å². The van der Waals surface area contributed by atoms with Crippen LogP contribution in [0.25, 0.3) is 0 Å². The Morgan fingerprint density at radius 2 is 1.83 bits per heavy atom. The van der Waals surface area contributed by atoms with Crippen molar-refractivity contribution >= 4 is 12.1 Å². The Balaban J connectivity index is 1.83. The van der Waals surface area contributed by atoms with Crippen LogP contribution in [0.2, 0.25) is 0 Å². The van der Waals surface area contributed by atoms with Gasteiger partial charge in [0.25, 0.3) is 5.91 Å². The average Bonchev–Trinajstić information content (AvgIpc) is 2.55. The zero-order valence-electron chi connectivity index (χ0n) is 12.5. The summed E-state index contributed by atoms with van der Waals surface area (Å²) in [6, 6.07) is 9.49. The number of rotatable bonds is 6. The summed E-state index contributed by atoms with van der Waals surface area (Å²) in [5, 5.41) is 3.81. The van der Waals surface area contributed by atoms with E-state index in [0.717, 1.165) is 5.56 Å². The van der Waals surface area contributed by atoms with E-state index in [9.17, 15) is 18.0 Å². The van der Waals surface area contributed by atoms with Crippen LogP contribution in [-0.4, -0.2) is 29.9 Å². The van der Waals surface area contributed by atoms with E-state index in [1.54, 1.807) is 24.5 Å². The second kappa shape index (κ2) is 8.21. The van der Waals surface area contributed by atoms with Gasteiger partial charge in [0.15, 0.2) is 0 Å². The minimum Gasteiger partial charge on any atom is -0.367 e. The second-order valence-corrected chi connectivity index (χ2v) is 4.78. The third-order valence-electron chi connectivity index (χ3n) is 2.84. The molecule has 0 unspecified atom stereocenters. The third-order valence-corrected chi connectivity index (χ3v) is 2.84. The number of amides is 1. The predicted molar refractivity (Wildman–Crippen MR) is 81.5 cm³/mol. The van der Waals surface area contributed by atoms with E-state index in [-0.39, 0.29) is 6.61 Å². The highest BCUT2D eigenvalue weighted by atomic mass is 19.4. The first-order valence-corrected chi connectivity index (χ1v) is 6.91. The molecule has 0 saturated carbocycles. The van der Waals surface area contributed by atoms with Gasteiger partial charge in [-0.3, -0.25) is 9.78 Å². The number of carbonyl (C=O) groups excluding carboxylic acids is 1. The Labute approximate surface area is 136 Å². The standard InChI is InChI=1S/C16H14F3N3O2/c17-16(18,19)11-24-10-13-1-3-14(4-2-13)15(23)22-21-9-12-5-7-20-8-6-12/h1-9H,10-11H2,(H,22,23)/b21-9-. The molecule has 1 amide bonds. The lowest BCUT2D eigenvalue weighted by atomic mass is 10.1. The van der Waals surface area contributed by atoms with Crippen LogP contribution in [0.1, 0.15) is 21.5 Å². The Hall–Kier alpha value is -2.74. The lowest BCUT2D eigenvalue weighted by Crippen LogP contribution is -2.18. The van der Waals surface area contributed by atoms with Crippen LogP contribution in [0.3, 0.4) is 0 Å². The lowest BCUT2D eigenvalue weighted by Gasteiger charge is -2.08. The number of aromatic nitrogens is 1. The molecule has 0 atom stereocenters. The molecule has 0 fully saturated rings. The largest absolute Gasteiger partial charge is 0.411 e. The van der Waals surface area contributed by atoms with Crippen molar-refractivity contribution in [1.82, 2.24) is 10.4 Å². The fraction of sp³-hybridized carbons (Fsp3) is 0.188. The first-order chi connectivity index (χ1) is 11.4. The van der Waals surface area contributed by atoms with Crippen LogP contribution in [0, 0.1) is 0 Å². The SMILES string of the molecule is O=C(N/N=C\c1ccncc1)c1ccc(COCC(F)(F)F)cc1. The number of nitrogens with one attached hydrogen (secondary N) is 1. The Kier molecular flexibility index (Phi) is 6.02. The molecule has 0 aliphatic rings. The van der Waals surface area contributed by atoms with Crippen LogP contribution in [0.15, 0.2) is 53.9 Å². The number of benzene rings is 1. The summed E-state index contributed by atoms with van der Waals surface area (Å²) in [7, 11) is 0.